The molecule has 0 fully saturated rings. The van der Waals surface area contributed by atoms with E-state index in [-0.39, 0.29) is 0 Å². The predicted octanol–water partition coefficient (Wildman–Crippen LogP) is 0.557. The molecule has 2 heterocycles. The van der Waals surface area contributed by atoms with Crippen molar-refractivity contribution in [1.29, 1.82) is 0 Å². The first-order valence-corrected chi connectivity index (χ1v) is 4.79. The minimum Gasteiger partial charge on any atom is -0.339 e. The van der Waals surface area contributed by atoms with Crippen LogP contribution in [0.2, 0.25) is 0 Å². The molecule has 0 saturated carbocycles. The lowest BCUT2D eigenvalue weighted by atomic mass is 10.2. The number of pyridine rings is 1. The first kappa shape index (κ1) is 9.79. The van der Waals surface area contributed by atoms with Gasteiger partial charge < -0.3 is 10.3 Å². The van der Waals surface area contributed by atoms with E-state index in [1.165, 1.54) is 0 Å². The highest BCUT2D eigenvalue weighted by Crippen LogP contribution is 2.06. The van der Waals surface area contributed by atoms with Crippen molar-refractivity contribution < 1.29 is 4.52 Å². The van der Waals surface area contributed by atoms with Crippen molar-refractivity contribution in [3.8, 4) is 0 Å². The largest absolute Gasteiger partial charge is 0.339 e. The van der Waals surface area contributed by atoms with Crippen LogP contribution in [0.4, 0.5) is 0 Å². The SMILES string of the molecule is NCCc1noc(Cc2ccncc2)n1. The Morgan fingerprint density at radius 2 is 2.07 bits per heavy atom. The van der Waals surface area contributed by atoms with Gasteiger partial charge in [0.05, 0.1) is 6.42 Å². The van der Waals surface area contributed by atoms with Gasteiger partial charge in [0, 0.05) is 18.8 Å². The van der Waals surface area contributed by atoms with E-state index in [0.29, 0.717) is 31.1 Å². The molecule has 0 radical (unpaired) electrons. The van der Waals surface area contributed by atoms with Crippen LogP contribution in [0.25, 0.3) is 0 Å². The summed E-state index contributed by atoms with van der Waals surface area (Å²) < 4.78 is 5.08. The summed E-state index contributed by atoms with van der Waals surface area (Å²) in [6.45, 7) is 0.536. The Labute approximate surface area is 87.3 Å². The summed E-state index contributed by atoms with van der Waals surface area (Å²) in [5.74, 6) is 1.28. The van der Waals surface area contributed by atoms with Gasteiger partial charge in [-0.1, -0.05) is 5.16 Å². The van der Waals surface area contributed by atoms with Crippen molar-refractivity contribution in [2.45, 2.75) is 12.8 Å². The van der Waals surface area contributed by atoms with Gasteiger partial charge in [-0.15, -0.1) is 0 Å². The quantitative estimate of drug-likeness (QED) is 0.787. The van der Waals surface area contributed by atoms with Crippen molar-refractivity contribution >= 4 is 0 Å². The van der Waals surface area contributed by atoms with Gasteiger partial charge in [-0.25, -0.2) is 0 Å². The van der Waals surface area contributed by atoms with Gasteiger partial charge in [0.2, 0.25) is 5.89 Å². The summed E-state index contributed by atoms with van der Waals surface area (Å²) in [6, 6.07) is 3.85. The van der Waals surface area contributed by atoms with E-state index in [9.17, 15) is 0 Å². The van der Waals surface area contributed by atoms with Crippen molar-refractivity contribution in [2.24, 2.45) is 5.73 Å². The van der Waals surface area contributed by atoms with Gasteiger partial charge >= 0.3 is 0 Å². The maximum Gasteiger partial charge on any atom is 0.231 e. The van der Waals surface area contributed by atoms with E-state index in [1.54, 1.807) is 12.4 Å². The van der Waals surface area contributed by atoms with Crippen molar-refractivity contribution in [1.82, 2.24) is 15.1 Å². The lowest BCUT2D eigenvalue weighted by Crippen LogP contribution is -2.04. The fourth-order valence-corrected chi connectivity index (χ4v) is 1.27. The Kier molecular flexibility index (Phi) is 3.04. The normalized spacial score (nSPS) is 10.5. The molecule has 0 spiro atoms. The maximum atomic E-state index is 5.39. The first-order chi connectivity index (χ1) is 7.38. The van der Waals surface area contributed by atoms with Crippen LogP contribution in [-0.4, -0.2) is 21.7 Å². The molecule has 0 aromatic carbocycles. The zero-order valence-corrected chi connectivity index (χ0v) is 8.26. The summed E-state index contributed by atoms with van der Waals surface area (Å²) in [6.07, 6.45) is 4.78. The van der Waals surface area contributed by atoms with Gasteiger partial charge in [0.15, 0.2) is 5.82 Å². The molecule has 0 saturated heterocycles. The predicted molar refractivity (Wildman–Crippen MR) is 54.1 cm³/mol. The van der Waals surface area contributed by atoms with Crippen LogP contribution in [0.3, 0.4) is 0 Å². The molecule has 0 aliphatic heterocycles. The Hall–Kier alpha value is -1.75. The van der Waals surface area contributed by atoms with Crippen LogP contribution in [0.15, 0.2) is 29.0 Å². The van der Waals surface area contributed by atoms with Crippen molar-refractivity contribution in [2.75, 3.05) is 6.54 Å². The second-order valence-corrected chi connectivity index (χ2v) is 3.18. The maximum absolute atomic E-state index is 5.39. The highest BCUT2D eigenvalue weighted by molar-refractivity contribution is 5.14. The second-order valence-electron chi connectivity index (χ2n) is 3.18. The molecule has 2 rings (SSSR count). The molecule has 2 aromatic heterocycles. The van der Waals surface area contributed by atoms with Gasteiger partial charge in [-0.05, 0) is 24.2 Å². The van der Waals surface area contributed by atoms with E-state index < -0.39 is 0 Å². The van der Waals surface area contributed by atoms with Gasteiger partial charge in [0.25, 0.3) is 0 Å². The zero-order valence-electron chi connectivity index (χ0n) is 8.26. The Morgan fingerprint density at radius 1 is 1.27 bits per heavy atom. The summed E-state index contributed by atoms with van der Waals surface area (Å²) in [4.78, 5) is 8.16. The van der Waals surface area contributed by atoms with Crippen molar-refractivity contribution in [3.05, 3.63) is 41.8 Å². The van der Waals surface area contributed by atoms with E-state index in [2.05, 4.69) is 15.1 Å². The molecule has 15 heavy (non-hydrogen) atoms. The topological polar surface area (TPSA) is 77.8 Å². The van der Waals surface area contributed by atoms with Gasteiger partial charge in [-0.3, -0.25) is 4.98 Å². The van der Waals surface area contributed by atoms with Crippen LogP contribution in [0.1, 0.15) is 17.3 Å². The molecule has 0 amide bonds. The van der Waals surface area contributed by atoms with E-state index in [1.807, 2.05) is 12.1 Å². The summed E-state index contributed by atoms with van der Waals surface area (Å²) in [7, 11) is 0. The molecule has 0 aliphatic rings. The summed E-state index contributed by atoms with van der Waals surface area (Å²) in [5, 5.41) is 3.82. The highest BCUT2D eigenvalue weighted by Gasteiger charge is 2.05. The Balaban J connectivity index is 2.05. The minimum absolute atomic E-state index is 0.536. The van der Waals surface area contributed by atoms with E-state index in [0.717, 1.165) is 5.56 Å². The minimum atomic E-state index is 0.536. The van der Waals surface area contributed by atoms with Crippen molar-refractivity contribution in [3.63, 3.8) is 0 Å². The van der Waals surface area contributed by atoms with Crippen LogP contribution < -0.4 is 5.73 Å². The molecular weight excluding hydrogens is 192 g/mol. The molecular formula is C10H12N4O. The highest BCUT2D eigenvalue weighted by atomic mass is 16.5. The third-order valence-electron chi connectivity index (χ3n) is 1.98. The molecule has 2 N–H and O–H groups in total. The van der Waals surface area contributed by atoms with E-state index in [4.69, 9.17) is 10.3 Å². The van der Waals surface area contributed by atoms with E-state index >= 15 is 0 Å². The smallest absolute Gasteiger partial charge is 0.231 e. The summed E-state index contributed by atoms with van der Waals surface area (Å²) >= 11 is 0. The standard InChI is InChI=1S/C10H12N4O/c11-4-1-9-13-10(15-14-9)7-8-2-5-12-6-3-8/h2-3,5-6H,1,4,7,11H2. The lowest BCUT2D eigenvalue weighted by Gasteiger charge is -1.93. The van der Waals surface area contributed by atoms with Crippen LogP contribution >= 0.6 is 0 Å². The molecule has 2 aromatic rings. The zero-order chi connectivity index (χ0) is 10.5. The molecule has 5 heteroatoms. The monoisotopic (exact) mass is 204 g/mol. The number of nitrogens with two attached hydrogens (primary N) is 1. The molecule has 5 nitrogen and oxygen atoms in total. The van der Waals surface area contributed by atoms with Gasteiger partial charge in [-0.2, -0.15) is 4.98 Å². The number of hydrogen-bond acceptors (Lipinski definition) is 5. The molecule has 0 bridgehead atoms. The number of nitrogens with zero attached hydrogens (tertiary/aromatic N) is 3. The number of hydrogen-bond donors (Lipinski definition) is 1. The second kappa shape index (κ2) is 4.65. The molecule has 0 atom stereocenters. The third-order valence-corrected chi connectivity index (χ3v) is 1.98. The average Bonchev–Trinajstić information content (AvgIpc) is 2.68. The molecule has 0 aliphatic carbocycles. The number of rotatable bonds is 4. The van der Waals surface area contributed by atoms with Gasteiger partial charge in [0.1, 0.15) is 0 Å². The molecule has 0 unspecified atom stereocenters. The Bertz CT molecular complexity index is 412. The number of aromatic nitrogens is 3. The third kappa shape index (κ3) is 2.60. The average molecular weight is 204 g/mol. The lowest BCUT2D eigenvalue weighted by molar-refractivity contribution is 0.379. The molecule has 78 valence electrons. The van der Waals surface area contributed by atoms with Crippen LogP contribution in [0.5, 0.6) is 0 Å². The van der Waals surface area contributed by atoms with Crippen LogP contribution in [0, 0.1) is 0 Å². The fraction of sp³-hybridized carbons (Fsp3) is 0.300. The first-order valence-electron chi connectivity index (χ1n) is 4.79. The Morgan fingerprint density at radius 3 is 2.80 bits per heavy atom. The fourth-order valence-electron chi connectivity index (χ4n) is 1.27. The van der Waals surface area contributed by atoms with Crippen LogP contribution in [-0.2, 0) is 12.8 Å². The summed E-state index contributed by atoms with van der Waals surface area (Å²) in [5.41, 5.74) is 6.50.